The summed E-state index contributed by atoms with van der Waals surface area (Å²) < 4.78 is 0. The number of nitrogen functional groups attached to an aromatic ring is 1. The minimum absolute atomic E-state index is 0.104. The summed E-state index contributed by atoms with van der Waals surface area (Å²) in [6, 6.07) is 1.94. The number of nitrogens with one attached hydrogen (secondary N) is 2. The minimum Gasteiger partial charge on any atom is -0.349 e. The van der Waals surface area contributed by atoms with Crippen LogP contribution in [-0.4, -0.2) is 16.9 Å². The van der Waals surface area contributed by atoms with Gasteiger partial charge in [-0.25, -0.2) is 0 Å². The monoisotopic (exact) mass is 262 g/mol. The third-order valence-electron chi connectivity index (χ3n) is 3.73. The molecule has 104 valence electrons. The predicted molar refractivity (Wildman–Crippen MR) is 75.5 cm³/mol. The van der Waals surface area contributed by atoms with Crippen molar-refractivity contribution in [3.63, 3.8) is 0 Å². The highest BCUT2D eigenvalue weighted by Crippen LogP contribution is 2.28. The molecule has 5 heteroatoms. The molecule has 1 fully saturated rings. The van der Waals surface area contributed by atoms with Crippen LogP contribution >= 0.6 is 0 Å². The number of carbonyl (C=O) groups excluding carboxylic acids is 1. The molecule has 1 aromatic heterocycles. The molecule has 1 aliphatic carbocycles. The Kier molecular flexibility index (Phi) is 4.37. The van der Waals surface area contributed by atoms with Crippen molar-refractivity contribution in [1.29, 1.82) is 0 Å². The summed E-state index contributed by atoms with van der Waals surface area (Å²) >= 11 is 0. The summed E-state index contributed by atoms with van der Waals surface area (Å²) in [4.78, 5) is 16.2. The van der Waals surface area contributed by atoms with Crippen LogP contribution in [0, 0.1) is 11.8 Å². The number of carbonyl (C=O) groups is 1. The highest BCUT2D eigenvalue weighted by Gasteiger charge is 2.25. The Morgan fingerprint density at radius 2 is 2.00 bits per heavy atom. The molecule has 2 unspecified atom stereocenters. The fourth-order valence-corrected chi connectivity index (χ4v) is 3.03. The van der Waals surface area contributed by atoms with Crippen LogP contribution in [0.5, 0.6) is 0 Å². The zero-order valence-electron chi connectivity index (χ0n) is 11.5. The van der Waals surface area contributed by atoms with Crippen molar-refractivity contribution in [3.05, 3.63) is 24.0 Å². The number of anilines is 1. The van der Waals surface area contributed by atoms with E-state index in [0.717, 1.165) is 12.8 Å². The molecule has 4 N–H and O–H groups in total. The maximum Gasteiger partial charge on any atom is 0.255 e. The second kappa shape index (κ2) is 6.02. The van der Waals surface area contributed by atoms with E-state index in [-0.39, 0.29) is 11.9 Å². The molecule has 1 heterocycles. The van der Waals surface area contributed by atoms with Crippen molar-refractivity contribution in [2.45, 2.75) is 39.2 Å². The lowest BCUT2D eigenvalue weighted by Gasteiger charge is -2.32. The molecule has 0 radical (unpaired) electrons. The SMILES string of the molecule is CC1CC(C)CC(NC(=O)c2cnccc2NN)C1. The summed E-state index contributed by atoms with van der Waals surface area (Å²) in [5, 5.41) is 3.10. The molecule has 2 rings (SSSR count). The van der Waals surface area contributed by atoms with Gasteiger partial charge in [-0.1, -0.05) is 13.8 Å². The van der Waals surface area contributed by atoms with Crippen LogP contribution in [0.2, 0.25) is 0 Å². The molecular weight excluding hydrogens is 240 g/mol. The van der Waals surface area contributed by atoms with Crippen molar-refractivity contribution in [3.8, 4) is 0 Å². The highest BCUT2D eigenvalue weighted by molar-refractivity contribution is 5.99. The van der Waals surface area contributed by atoms with Crippen LogP contribution in [-0.2, 0) is 0 Å². The van der Waals surface area contributed by atoms with E-state index in [9.17, 15) is 4.79 Å². The van der Waals surface area contributed by atoms with E-state index < -0.39 is 0 Å². The third kappa shape index (κ3) is 3.44. The number of aromatic nitrogens is 1. The number of nitrogens with two attached hydrogens (primary N) is 1. The summed E-state index contributed by atoms with van der Waals surface area (Å²) in [6.45, 7) is 4.48. The molecule has 0 aliphatic heterocycles. The first-order valence-corrected chi connectivity index (χ1v) is 6.81. The number of nitrogens with zero attached hydrogens (tertiary/aromatic N) is 1. The number of amides is 1. The summed E-state index contributed by atoms with van der Waals surface area (Å²) in [7, 11) is 0. The summed E-state index contributed by atoms with van der Waals surface area (Å²) in [5.41, 5.74) is 3.63. The first-order chi connectivity index (χ1) is 9.10. The van der Waals surface area contributed by atoms with E-state index in [2.05, 4.69) is 29.6 Å². The smallest absolute Gasteiger partial charge is 0.255 e. The van der Waals surface area contributed by atoms with Gasteiger partial charge in [0, 0.05) is 18.4 Å². The van der Waals surface area contributed by atoms with E-state index >= 15 is 0 Å². The lowest BCUT2D eigenvalue weighted by atomic mass is 9.80. The average Bonchev–Trinajstić information content (AvgIpc) is 2.37. The molecule has 5 nitrogen and oxygen atoms in total. The number of hydrogen-bond acceptors (Lipinski definition) is 4. The van der Waals surface area contributed by atoms with E-state index in [1.807, 2.05) is 0 Å². The molecule has 0 spiro atoms. The molecule has 1 aliphatic rings. The molecule has 0 bridgehead atoms. The molecule has 1 aromatic rings. The zero-order valence-corrected chi connectivity index (χ0v) is 11.5. The zero-order chi connectivity index (χ0) is 13.8. The van der Waals surface area contributed by atoms with Gasteiger partial charge in [0.15, 0.2) is 0 Å². The highest BCUT2D eigenvalue weighted by atomic mass is 16.1. The number of hydrogen-bond donors (Lipinski definition) is 3. The minimum atomic E-state index is -0.104. The van der Waals surface area contributed by atoms with Gasteiger partial charge in [0.1, 0.15) is 0 Å². The molecule has 1 amide bonds. The topological polar surface area (TPSA) is 80.0 Å². The van der Waals surface area contributed by atoms with Crippen molar-refractivity contribution in [1.82, 2.24) is 10.3 Å². The Hall–Kier alpha value is -1.62. The maximum atomic E-state index is 12.3. The molecular formula is C14H22N4O. The molecule has 1 saturated carbocycles. The van der Waals surface area contributed by atoms with Crippen molar-refractivity contribution >= 4 is 11.6 Å². The second-order valence-electron chi connectivity index (χ2n) is 5.65. The Labute approximate surface area is 114 Å². The normalized spacial score (nSPS) is 26.8. The van der Waals surface area contributed by atoms with Crippen LogP contribution < -0.4 is 16.6 Å². The van der Waals surface area contributed by atoms with Gasteiger partial charge < -0.3 is 10.7 Å². The van der Waals surface area contributed by atoms with Crippen molar-refractivity contribution in [2.75, 3.05) is 5.43 Å². The number of pyridine rings is 1. The Bertz CT molecular complexity index is 439. The fourth-order valence-electron chi connectivity index (χ4n) is 3.03. The van der Waals surface area contributed by atoms with Gasteiger partial charge in [-0.3, -0.25) is 15.6 Å². The number of rotatable bonds is 3. The van der Waals surface area contributed by atoms with Crippen molar-refractivity contribution < 1.29 is 4.79 Å². The van der Waals surface area contributed by atoms with Gasteiger partial charge >= 0.3 is 0 Å². The lowest BCUT2D eigenvalue weighted by molar-refractivity contribution is 0.0911. The average molecular weight is 262 g/mol. The fraction of sp³-hybridized carbons (Fsp3) is 0.571. The van der Waals surface area contributed by atoms with Crippen LogP contribution in [0.3, 0.4) is 0 Å². The van der Waals surface area contributed by atoms with Gasteiger partial charge in [0.2, 0.25) is 0 Å². The number of hydrazine groups is 1. The quantitative estimate of drug-likeness (QED) is 0.574. The van der Waals surface area contributed by atoms with Crippen LogP contribution in [0.15, 0.2) is 18.5 Å². The van der Waals surface area contributed by atoms with E-state index in [1.165, 1.54) is 6.42 Å². The predicted octanol–water partition coefficient (Wildman–Crippen LogP) is 1.92. The Balaban J connectivity index is 2.04. The first kappa shape index (κ1) is 13.8. The van der Waals surface area contributed by atoms with Gasteiger partial charge in [-0.15, -0.1) is 0 Å². The first-order valence-electron chi connectivity index (χ1n) is 6.81. The summed E-state index contributed by atoms with van der Waals surface area (Å²) in [6.07, 6.45) is 6.48. The van der Waals surface area contributed by atoms with Crippen LogP contribution in [0.4, 0.5) is 5.69 Å². The summed E-state index contributed by atoms with van der Waals surface area (Å²) in [5.74, 6) is 6.63. The van der Waals surface area contributed by atoms with Gasteiger partial charge in [0.05, 0.1) is 11.3 Å². The van der Waals surface area contributed by atoms with Crippen LogP contribution in [0.1, 0.15) is 43.5 Å². The van der Waals surface area contributed by atoms with E-state index in [4.69, 9.17) is 5.84 Å². The van der Waals surface area contributed by atoms with E-state index in [1.54, 1.807) is 18.5 Å². The van der Waals surface area contributed by atoms with Gasteiger partial charge in [-0.2, -0.15) is 0 Å². The van der Waals surface area contributed by atoms with Gasteiger partial charge in [0.25, 0.3) is 5.91 Å². The van der Waals surface area contributed by atoms with Gasteiger partial charge in [-0.05, 0) is 37.2 Å². The molecule has 0 aromatic carbocycles. The standard InChI is InChI=1S/C14H22N4O/c1-9-5-10(2)7-11(6-9)17-14(19)12-8-16-4-3-13(12)18-15/h3-4,8-11H,5-7,15H2,1-2H3,(H,16,18)(H,17,19). The van der Waals surface area contributed by atoms with E-state index in [0.29, 0.717) is 23.1 Å². The van der Waals surface area contributed by atoms with Crippen molar-refractivity contribution in [2.24, 2.45) is 17.7 Å². The third-order valence-corrected chi connectivity index (χ3v) is 3.73. The van der Waals surface area contributed by atoms with Crippen LogP contribution in [0.25, 0.3) is 0 Å². The Morgan fingerprint density at radius 3 is 2.63 bits per heavy atom. The second-order valence-corrected chi connectivity index (χ2v) is 5.65. The maximum absolute atomic E-state index is 12.3. The Morgan fingerprint density at radius 1 is 1.32 bits per heavy atom. The molecule has 2 atom stereocenters. The largest absolute Gasteiger partial charge is 0.349 e. The molecule has 19 heavy (non-hydrogen) atoms. The molecule has 0 saturated heterocycles. The lowest BCUT2D eigenvalue weighted by Crippen LogP contribution is -2.40.